The first-order chi connectivity index (χ1) is 8.70. The van der Waals surface area contributed by atoms with Gasteiger partial charge in [-0.25, -0.2) is 4.39 Å². The maximum atomic E-state index is 13.7. The number of carbonyl (C=O) groups excluding carboxylic acids is 1. The van der Waals surface area contributed by atoms with Crippen molar-refractivity contribution in [3.8, 4) is 5.75 Å². The van der Waals surface area contributed by atoms with Gasteiger partial charge >= 0.3 is 0 Å². The van der Waals surface area contributed by atoms with Crippen LogP contribution in [0.1, 0.15) is 24.8 Å². The van der Waals surface area contributed by atoms with E-state index in [2.05, 4.69) is 5.32 Å². The van der Waals surface area contributed by atoms with Gasteiger partial charge in [-0.15, -0.1) is 0 Å². The minimum absolute atomic E-state index is 0.106. The van der Waals surface area contributed by atoms with Gasteiger partial charge in [0.2, 0.25) is 0 Å². The van der Waals surface area contributed by atoms with E-state index in [0.29, 0.717) is 18.5 Å². The molecule has 1 aromatic rings. The van der Waals surface area contributed by atoms with Crippen LogP contribution in [-0.4, -0.2) is 18.6 Å². The van der Waals surface area contributed by atoms with Crippen molar-refractivity contribution in [1.29, 1.82) is 0 Å². The number of nitrogens with two attached hydrogens (primary N) is 1. The molecule has 1 aliphatic heterocycles. The first-order valence-electron chi connectivity index (χ1n) is 6.13. The van der Waals surface area contributed by atoms with Gasteiger partial charge in [0.25, 0.3) is 5.91 Å². The normalized spacial score (nSPS) is 20.1. The second-order valence-electron chi connectivity index (χ2n) is 4.36. The molecule has 1 heterocycles. The molecule has 0 saturated carbocycles. The second-order valence-corrected chi connectivity index (χ2v) is 4.36. The summed E-state index contributed by atoms with van der Waals surface area (Å²) in [6.45, 7) is 0.939. The molecule has 2 rings (SSSR count). The molecule has 0 aliphatic carbocycles. The minimum atomic E-state index is -0.606. The quantitative estimate of drug-likeness (QED) is 0.853. The largest absolute Gasteiger partial charge is 0.478 e. The number of nitrogens with one attached hydrogen (secondary N) is 1. The Morgan fingerprint density at radius 1 is 1.44 bits per heavy atom. The number of carbonyl (C=O) groups is 1. The molecule has 1 amide bonds. The Kier molecular flexibility index (Phi) is 4.15. The summed E-state index contributed by atoms with van der Waals surface area (Å²) in [6, 6.07) is 4.56. The third kappa shape index (κ3) is 2.98. The van der Waals surface area contributed by atoms with Crippen LogP contribution >= 0.6 is 0 Å². The van der Waals surface area contributed by atoms with E-state index in [1.54, 1.807) is 6.07 Å². The Labute approximate surface area is 105 Å². The summed E-state index contributed by atoms with van der Waals surface area (Å²) in [6.07, 6.45) is 1.83. The van der Waals surface area contributed by atoms with Crippen LogP contribution in [0.2, 0.25) is 0 Å². The zero-order valence-electron chi connectivity index (χ0n) is 10.1. The van der Waals surface area contributed by atoms with Gasteiger partial charge in [0.1, 0.15) is 0 Å². The maximum Gasteiger partial charge on any atom is 0.261 e. The molecule has 1 atom stereocenters. The summed E-state index contributed by atoms with van der Waals surface area (Å²) in [5, 5.41) is 2.75. The molecule has 98 valence electrons. The van der Waals surface area contributed by atoms with Crippen LogP contribution in [0.3, 0.4) is 0 Å². The van der Waals surface area contributed by atoms with Gasteiger partial charge in [-0.2, -0.15) is 0 Å². The zero-order chi connectivity index (χ0) is 13.0. The van der Waals surface area contributed by atoms with Crippen molar-refractivity contribution in [2.45, 2.75) is 31.9 Å². The van der Waals surface area contributed by atoms with E-state index in [9.17, 15) is 9.18 Å². The van der Waals surface area contributed by atoms with E-state index >= 15 is 0 Å². The smallest absolute Gasteiger partial charge is 0.261 e. The first-order valence-corrected chi connectivity index (χ1v) is 6.13. The fourth-order valence-electron chi connectivity index (χ4n) is 1.94. The van der Waals surface area contributed by atoms with Crippen molar-refractivity contribution in [3.05, 3.63) is 29.6 Å². The lowest BCUT2D eigenvalue weighted by Crippen LogP contribution is -2.36. The molecule has 18 heavy (non-hydrogen) atoms. The number of rotatable bonds is 3. The van der Waals surface area contributed by atoms with Crippen LogP contribution in [0.4, 0.5) is 4.39 Å². The van der Waals surface area contributed by atoms with Crippen molar-refractivity contribution in [1.82, 2.24) is 5.32 Å². The summed E-state index contributed by atoms with van der Waals surface area (Å²) in [5.74, 6) is -0.543. The fraction of sp³-hybridized carbons (Fsp3) is 0.462. The zero-order valence-corrected chi connectivity index (χ0v) is 10.1. The third-order valence-corrected chi connectivity index (χ3v) is 2.99. The average Bonchev–Trinajstić information content (AvgIpc) is 2.57. The monoisotopic (exact) mass is 252 g/mol. The van der Waals surface area contributed by atoms with Crippen molar-refractivity contribution in [2.24, 2.45) is 5.73 Å². The fourth-order valence-corrected chi connectivity index (χ4v) is 1.94. The van der Waals surface area contributed by atoms with E-state index in [0.717, 1.165) is 12.8 Å². The lowest BCUT2D eigenvalue weighted by molar-refractivity contribution is -0.127. The predicted molar refractivity (Wildman–Crippen MR) is 65.6 cm³/mol. The summed E-state index contributed by atoms with van der Waals surface area (Å²) >= 11 is 0. The van der Waals surface area contributed by atoms with Crippen molar-refractivity contribution >= 4 is 5.91 Å². The molecule has 4 nitrogen and oxygen atoms in total. The summed E-state index contributed by atoms with van der Waals surface area (Å²) < 4.78 is 19.2. The number of hydrogen-bond acceptors (Lipinski definition) is 3. The van der Waals surface area contributed by atoms with Crippen LogP contribution in [-0.2, 0) is 11.3 Å². The predicted octanol–water partition coefficient (Wildman–Crippen LogP) is 1.33. The molecule has 0 aromatic heterocycles. The Morgan fingerprint density at radius 3 is 3.00 bits per heavy atom. The number of benzene rings is 1. The number of halogens is 1. The first kappa shape index (κ1) is 12.8. The van der Waals surface area contributed by atoms with Crippen LogP contribution < -0.4 is 15.8 Å². The molecule has 0 spiro atoms. The van der Waals surface area contributed by atoms with Gasteiger partial charge in [-0.05, 0) is 37.0 Å². The van der Waals surface area contributed by atoms with Crippen molar-refractivity contribution in [2.75, 3.05) is 6.54 Å². The Morgan fingerprint density at radius 2 is 2.28 bits per heavy atom. The van der Waals surface area contributed by atoms with Gasteiger partial charge in [0.05, 0.1) is 0 Å². The van der Waals surface area contributed by atoms with Crippen LogP contribution in [0.5, 0.6) is 5.75 Å². The topological polar surface area (TPSA) is 64.3 Å². The van der Waals surface area contributed by atoms with Gasteiger partial charge in [0.15, 0.2) is 17.7 Å². The average molecular weight is 252 g/mol. The van der Waals surface area contributed by atoms with Crippen molar-refractivity contribution < 1.29 is 13.9 Å². The molecular weight excluding hydrogens is 235 g/mol. The van der Waals surface area contributed by atoms with E-state index in [-0.39, 0.29) is 18.2 Å². The highest BCUT2D eigenvalue weighted by molar-refractivity contribution is 5.81. The van der Waals surface area contributed by atoms with E-state index < -0.39 is 11.9 Å². The molecule has 5 heteroatoms. The molecule has 1 fully saturated rings. The van der Waals surface area contributed by atoms with Gasteiger partial charge < -0.3 is 15.8 Å². The van der Waals surface area contributed by atoms with Gasteiger partial charge in [0, 0.05) is 13.1 Å². The highest BCUT2D eigenvalue weighted by Crippen LogP contribution is 2.21. The Bertz CT molecular complexity index is 437. The lowest BCUT2D eigenvalue weighted by Gasteiger charge is -2.16. The second kappa shape index (κ2) is 5.82. The highest BCUT2D eigenvalue weighted by atomic mass is 19.1. The minimum Gasteiger partial charge on any atom is -0.478 e. The van der Waals surface area contributed by atoms with Crippen LogP contribution in [0, 0.1) is 5.82 Å². The molecule has 3 N–H and O–H groups in total. The van der Waals surface area contributed by atoms with Crippen LogP contribution in [0.15, 0.2) is 18.2 Å². The summed E-state index contributed by atoms with van der Waals surface area (Å²) in [5.41, 5.74) is 6.12. The van der Waals surface area contributed by atoms with E-state index in [4.69, 9.17) is 10.5 Å². The molecular formula is C13H17FN2O2. The molecule has 0 bridgehead atoms. The molecule has 1 saturated heterocycles. The van der Waals surface area contributed by atoms with Crippen LogP contribution in [0.25, 0.3) is 0 Å². The summed E-state index contributed by atoms with van der Waals surface area (Å²) in [4.78, 5) is 11.7. The molecule has 1 unspecified atom stereocenters. The molecule has 1 aromatic carbocycles. The Hall–Kier alpha value is -1.62. The third-order valence-electron chi connectivity index (χ3n) is 2.99. The van der Waals surface area contributed by atoms with Gasteiger partial charge in [-0.3, -0.25) is 4.79 Å². The van der Waals surface area contributed by atoms with Crippen molar-refractivity contribution in [3.63, 3.8) is 0 Å². The standard InChI is InChI=1S/C13H17FN2O2/c14-10-7-9(8-15)4-5-11(10)18-12-3-1-2-6-16-13(12)17/h4-5,7,12H,1-3,6,8,15H2,(H,16,17). The molecule has 1 aliphatic rings. The van der Waals surface area contributed by atoms with Gasteiger partial charge in [-0.1, -0.05) is 6.07 Å². The highest BCUT2D eigenvalue weighted by Gasteiger charge is 2.23. The Balaban J connectivity index is 2.10. The number of hydrogen-bond donors (Lipinski definition) is 2. The SMILES string of the molecule is NCc1ccc(OC2CCCCNC2=O)c(F)c1. The molecule has 0 radical (unpaired) electrons. The number of amides is 1. The number of ether oxygens (including phenoxy) is 1. The van der Waals surface area contributed by atoms with E-state index in [1.165, 1.54) is 12.1 Å². The van der Waals surface area contributed by atoms with E-state index in [1.807, 2.05) is 0 Å². The summed E-state index contributed by atoms with van der Waals surface area (Å²) in [7, 11) is 0. The maximum absolute atomic E-state index is 13.7. The lowest BCUT2D eigenvalue weighted by atomic mass is 10.1.